The number of thiophene rings is 1. The molecular formula is C14H13N5O2S. The van der Waals surface area contributed by atoms with E-state index < -0.39 is 6.09 Å². The monoisotopic (exact) mass is 315 g/mol. The first kappa shape index (κ1) is 14.2. The van der Waals surface area contributed by atoms with Gasteiger partial charge in [0.1, 0.15) is 17.3 Å². The summed E-state index contributed by atoms with van der Waals surface area (Å²) in [6, 6.07) is 9.32. The molecule has 112 valence electrons. The summed E-state index contributed by atoms with van der Waals surface area (Å²) in [5.41, 5.74) is 1.35. The van der Waals surface area contributed by atoms with Crippen LogP contribution in [0, 0.1) is 0 Å². The van der Waals surface area contributed by atoms with Crippen molar-refractivity contribution in [3.05, 3.63) is 59.5 Å². The third-order valence-corrected chi connectivity index (χ3v) is 3.62. The molecule has 3 heterocycles. The molecule has 0 fully saturated rings. The fourth-order valence-electron chi connectivity index (χ4n) is 1.72. The molecule has 0 spiro atoms. The molecule has 3 rings (SSSR count). The Bertz CT molecular complexity index is 727. The third-order valence-electron chi connectivity index (χ3n) is 2.76. The first-order valence-corrected chi connectivity index (χ1v) is 7.45. The molecule has 1 N–H and O–H groups in total. The number of alkyl carbamates (subject to hydrolysis) is 1. The fraction of sp³-hybridized carbons (Fsp3) is 0.143. The van der Waals surface area contributed by atoms with Crippen molar-refractivity contribution >= 4 is 17.4 Å². The molecule has 1 amide bonds. The standard InChI is InChI=1S/C14H13N5O2S/c20-14(21-10-11-4-1-2-6-15-11)16-8-12-9-19(18-17-12)13-5-3-7-22-13/h1-7,9H,8,10H2,(H,16,20). The summed E-state index contributed by atoms with van der Waals surface area (Å²) < 4.78 is 6.73. The van der Waals surface area contributed by atoms with Gasteiger partial charge >= 0.3 is 6.09 Å². The van der Waals surface area contributed by atoms with Crippen LogP contribution in [-0.2, 0) is 17.9 Å². The van der Waals surface area contributed by atoms with Gasteiger partial charge < -0.3 is 10.1 Å². The lowest BCUT2D eigenvalue weighted by atomic mass is 10.4. The smallest absolute Gasteiger partial charge is 0.407 e. The normalized spacial score (nSPS) is 10.4. The van der Waals surface area contributed by atoms with Crippen LogP contribution in [-0.4, -0.2) is 26.1 Å². The maximum atomic E-state index is 11.6. The quantitative estimate of drug-likeness (QED) is 0.780. The number of carbonyl (C=O) groups excluding carboxylic acids is 1. The fourth-order valence-corrected chi connectivity index (χ4v) is 2.38. The molecule has 3 aromatic rings. The maximum absolute atomic E-state index is 11.6. The second-order valence-electron chi connectivity index (χ2n) is 4.36. The molecule has 0 saturated heterocycles. The maximum Gasteiger partial charge on any atom is 0.407 e. The van der Waals surface area contributed by atoms with E-state index in [0.717, 1.165) is 5.00 Å². The van der Waals surface area contributed by atoms with Crippen LogP contribution in [0.1, 0.15) is 11.4 Å². The minimum absolute atomic E-state index is 0.133. The van der Waals surface area contributed by atoms with E-state index >= 15 is 0 Å². The van der Waals surface area contributed by atoms with Gasteiger partial charge in [-0.25, -0.2) is 9.48 Å². The van der Waals surface area contributed by atoms with Crippen LogP contribution in [0.5, 0.6) is 0 Å². The zero-order valence-corrected chi connectivity index (χ0v) is 12.4. The van der Waals surface area contributed by atoms with Gasteiger partial charge in [0.2, 0.25) is 0 Å². The summed E-state index contributed by atoms with van der Waals surface area (Å²) in [6.07, 6.45) is 2.90. The first-order chi connectivity index (χ1) is 10.8. The zero-order chi connectivity index (χ0) is 15.2. The van der Waals surface area contributed by atoms with Crippen molar-refractivity contribution in [3.8, 4) is 5.00 Å². The minimum Gasteiger partial charge on any atom is -0.443 e. The molecule has 0 aromatic carbocycles. The number of rotatable bonds is 5. The highest BCUT2D eigenvalue weighted by atomic mass is 32.1. The number of hydrogen-bond donors (Lipinski definition) is 1. The van der Waals surface area contributed by atoms with Gasteiger partial charge in [-0.05, 0) is 29.6 Å². The summed E-state index contributed by atoms with van der Waals surface area (Å²) in [7, 11) is 0. The summed E-state index contributed by atoms with van der Waals surface area (Å²) in [5.74, 6) is 0. The Morgan fingerprint density at radius 2 is 2.23 bits per heavy atom. The van der Waals surface area contributed by atoms with Gasteiger partial charge in [-0.15, -0.1) is 16.4 Å². The van der Waals surface area contributed by atoms with Crippen molar-refractivity contribution in [2.45, 2.75) is 13.2 Å². The van der Waals surface area contributed by atoms with Crippen molar-refractivity contribution in [2.75, 3.05) is 0 Å². The summed E-state index contributed by atoms with van der Waals surface area (Å²) >= 11 is 1.56. The second-order valence-corrected chi connectivity index (χ2v) is 5.28. The Labute approximate surface area is 130 Å². The molecule has 0 aliphatic carbocycles. The predicted octanol–water partition coefficient (Wildman–Crippen LogP) is 2.15. The molecule has 0 unspecified atom stereocenters. The van der Waals surface area contributed by atoms with Gasteiger partial charge in [-0.2, -0.15) is 0 Å². The van der Waals surface area contributed by atoms with Crippen LogP contribution in [0.25, 0.3) is 5.00 Å². The summed E-state index contributed by atoms with van der Waals surface area (Å²) in [5, 5.41) is 13.6. The van der Waals surface area contributed by atoms with E-state index in [1.165, 1.54) is 0 Å². The predicted molar refractivity (Wildman–Crippen MR) is 80.5 cm³/mol. The Morgan fingerprint density at radius 3 is 3.00 bits per heavy atom. The van der Waals surface area contributed by atoms with Crippen molar-refractivity contribution < 1.29 is 9.53 Å². The lowest BCUT2D eigenvalue weighted by molar-refractivity contribution is 0.137. The van der Waals surface area contributed by atoms with Crippen molar-refractivity contribution in [2.24, 2.45) is 0 Å². The van der Waals surface area contributed by atoms with Gasteiger partial charge in [0.05, 0.1) is 18.4 Å². The number of nitrogens with zero attached hydrogens (tertiary/aromatic N) is 4. The van der Waals surface area contributed by atoms with E-state index in [-0.39, 0.29) is 13.2 Å². The second kappa shape index (κ2) is 6.81. The Kier molecular flexibility index (Phi) is 4.40. The number of nitrogens with one attached hydrogen (secondary N) is 1. The number of carbonyl (C=O) groups is 1. The van der Waals surface area contributed by atoms with E-state index in [0.29, 0.717) is 11.4 Å². The molecule has 0 radical (unpaired) electrons. The van der Waals surface area contributed by atoms with Crippen LogP contribution in [0.15, 0.2) is 48.1 Å². The van der Waals surface area contributed by atoms with Crippen LogP contribution in [0.4, 0.5) is 4.79 Å². The molecule has 8 heteroatoms. The van der Waals surface area contributed by atoms with Crippen LogP contribution >= 0.6 is 11.3 Å². The largest absolute Gasteiger partial charge is 0.443 e. The Morgan fingerprint density at radius 1 is 1.27 bits per heavy atom. The Hall–Kier alpha value is -2.74. The molecular weight excluding hydrogens is 302 g/mol. The number of ether oxygens (including phenoxy) is 1. The number of pyridine rings is 1. The van der Waals surface area contributed by atoms with E-state index in [1.54, 1.807) is 40.5 Å². The topological polar surface area (TPSA) is 81.9 Å². The van der Waals surface area contributed by atoms with E-state index in [2.05, 4.69) is 20.6 Å². The molecule has 7 nitrogen and oxygen atoms in total. The zero-order valence-electron chi connectivity index (χ0n) is 11.5. The molecule has 0 bridgehead atoms. The first-order valence-electron chi connectivity index (χ1n) is 6.57. The highest BCUT2D eigenvalue weighted by Gasteiger charge is 2.07. The highest BCUT2D eigenvalue weighted by Crippen LogP contribution is 2.13. The average Bonchev–Trinajstić information content (AvgIpc) is 3.22. The van der Waals surface area contributed by atoms with Crippen LogP contribution in [0.2, 0.25) is 0 Å². The lowest BCUT2D eigenvalue weighted by Crippen LogP contribution is -2.23. The SMILES string of the molecule is O=C(NCc1cn(-c2cccs2)nn1)OCc1ccccn1. The van der Waals surface area contributed by atoms with Crippen LogP contribution in [0.3, 0.4) is 0 Å². The highest BCUT2D eigenvalue weighted by molar-refractivity contribution is 7.12. The molecule has 0 aliphatic rings. The molecule has 3 aromatic heterocycles. The third kappa shape index (κ3) is 3.67. The Balaban J connectivity index is 1.47. The minimum atomic E-state index is -0.517. The van der Waals surface area contributed by atoms with Gasteiger partial charge in [0.15, 0.2) is 0 Å². The molecule has 0 aliphatic heterocycles. The van der Waals surface area contributed by atoms with Gasteiger partial charge in [0.25, 0.3) is 0 Å². The number of aromatic nitrogens is 4. The van der Waals surface area contributed by atoms with Crippen molar-refractivity contribution in [1.29, 1.82) is 0 Å². The van der Waals surface area contributed by atoms with Gasteiger partial charge in [0, 0.05) is 6.20 Å². The summed E-state index contributed by atoms with van der Waals surface area (Å²) in [6.45, 7) is 0.390. The van der Waals surface area contributed by atoms with Gasteiger partial charge in [-0.1, -0.05) is 11.3 Å². The number of hydrogen-bond acceptors (Lipinski definition) is 6. The van der Waals surface area contributed by atoms with Gasteiger partial charge in [-0.3, -0.25) is 4.98 Å². The van der Waals surface area contributed by atoms with E-state index in [1.807, 2.05) is 23.6 Å². The van der Waals surface area contributed by atoms with E-state index in [4.69, 9.17) is 4.74 Å². The van der Waals surface area contributed by atoms with Crippen molar-refractivity contribution in [1.82, 2.24) is 25.3 Å². The summed E-state index contributed by atoms with van der Waals surface area (Å²) in [4.78, 5) is 15.7. The molecule has 22 heavy (non-hydrogen) atoms. The lowest BCUT2D eigenvalue weighted by Gasteiger charge is -2.04. The van der Waals surface area contributed by atoms with E-state index in [9.17, 15) is 4.79 Å². The van der Waals surface area contributed by atoms with Crippen molar-refractivity contribution in [3.63, 3.8) is 0 Å². The van der Waals surface area contributed by atoms with Crippen LogP contribution < -0.4 is 5.32 Å². The average molecular weight is 315 g/mol. The number of amides is 1. The molecule has 0 atom stereocenters. The molecule has 0 saturated carbocycles.